The monoisotopic (exact) mass is 252 g/mol. The fourth-order valence-corrected chi connectivity index (χ4v) is 2.46. The highest BCUT2D eigenvalue weighted by Gasteiger charge is 2.36. The molecule has 1 fully saturated rings. The van der Waals surface area contributed by atoms with E-state index in [0.29, 0.717) is 11.3 Å². The third-order valence-electron chi connectivity index (χ3n) is 3.49. The molecule has 0 bridgehead atoms. The number of benzene rings is 1. The first-order chi connectivity index (χ1) is 8.66. The summed E-state index contributed by atoms with van der Waals surface area (Å²) < 4.78 is 24.4. The van der Waals surface area contributed by atoms with Gasteiger partial charge in [0, 0.05) is 5.92 Å². The first-order valence-electron chi connectivity index (χ1n) is 5.96. The Hall–Kier alpha value is -1.78. The molecule has 1 aliphatic heterocycles. The van der Waals surface area contributed by atoms with Crippen LogP contribution in [0, 0.1) is 11.7 Å². The molecule has 1 aliphatic carbocycles. The molecular formula is C13H13FO4. The van der Waals surface area contributed by atoms with Crippen molar-refractivity contribution in [3.05, 3.63) is 23.5 Å². The highest BCUT2D eigenvalue weighted by Crippen LogP contribution is 2.48. The SMILES string of the molecule is O=C(O)CC(c1ccc2c(c1F)OCO2)C1CC1. The van der Waals surface area contributed by atoms with Gasteiger partial charge in [0.2, 0.25) is 12.5 Å². The lowest BCUT2D eigenvalue weighted by Gasteiger charge is -2.16. The van der Waals surface area contributed by atoms with Crippen LogP contribution < -0.4 is 9.47 Å². The summed E-state index contributed by atoms with van der Waals surface area (Å²) in [6.07, 6.45) is 1.89. The van der Waals surface area contributed by atoms with Gasteiger partial charge in [-0.25, -0.2) is 4.39 Å². The second-order valence-corrected chi connectivity index (χ2v) is 4.74. The minimum atomic E-state index is -0.899. The highest BCUT2D eigenvalue weighted by molar-refractivity contribution is 5.68. The Bertz CT molecular complexity index is 496. The molecule has 18 heavy (non-hydrogen) atoms. The van der Waals surface area contributed by atoms with Crippen LogP contribution in [-0.4, -0.2) is 17.9 Å². The largest absolute Gasteiger partial charge is 0.481 e. The average Bonchev–Trinajstić information content (AvgIpc) is 3.05. The lowest BCUT2D eigenvalue weighted by atomic mass is 9.90. The van der Waals surface area contributed by atoms with Crippen LogP contribution in [0.5, 0.6) is 11.5 Å². The molecule has 5 heteroatoms. The van der Waals surface area contributed by atoms with Gasteiger partial charge >= 0.3 is 5.97 Å². The Morgan fingerprint density at radius 3 is 2.89 bits per heavy atom. The topological polar surface area (TPSA) is 55.8 Å². The van der Waals surface area contributed by atoms with E-state index in [1.165, 1.54) is 0 Å². The zero-order chi connectivity index (χ0) is 12.7. The van der Waals surface area contributed by atoms with Gasteiger partial charge in [0.1, 0.15) is 0 Å². The molecule has 96 valence electrons. The van der Waals surface area contributed by atoms with Gasteiger partial charge in [-0.2, -0.15) is 0 Å². The van der Waals surface area contributed by atoms with E-state index >= 15 is 0 Å². The standard InChI is InChI=1S/C13H13FO4/c14-12-8(3-4-10-13(12)18-6-17-10)9(5-11(15)16)7-1-2-7/h3-4,7,9H,1-2,5-6H2,(H,15,16). The lowest BCUT2D eigenvalue weighted by molar-refractivity contribution is -0.137. The fourth-order valence-electron chi connectivity index (χ4n) is 2.46. The summed E-state index contributed by atoms with van der Waals surface area (Å²) in [5, 5.41) is 8.93. The summed E-state index contributed by atoms with van der Waals surface area (Å²) in [6, 6.07) is 3.27. The van der Waals surface area contributed by atoms with Crippen molar-refractivity contribution in [3.8, 4) is 11.5 Å². The number of carbonyl (C=O) groups is 1. The first-order valence-corrected chi connectivity index (χ1v) is 5.96. The number of hydrogen-bond acceptors (Lipinski definition) is 3. The van der Waals surface area contributed by atoms with Crippen molar-refractivity contribution in [1.82, 2.24) is 0 Å². The zero-order valence-corrected chi connectivity index (χ0v) is 9.69. The van der Waals surface area contributed by atoms with Gasteiger partial charge in [-0.05, 0) is 30.4 Å². The molecule has 4 nitrogen and oxygen atoms in total. The summed E-state index contributed by atoms with van der Waals surface area (Å²) in [7, 11) is 0. The van der Waals surface area contributed by atoms with Crippen molar-refractivity contribution in [2.24, 2.45) is 5.92 Å². The lowest BCUT2D eigenvalue weighted by Crippen LogP contribution is -2.10. The predicted molar refractivity (Wildman–Crippen MR) is 60.2 cm³/mol. The van der Waals surface area contributed by atoms with E-state index in [9.17, 15) is 9.18 Å². The van der Waals surface area contributed by atoms with Crippen molar-refractivity contribution in [2.45, 2.75) is 25.2 Å². The smallest absolute Gasteiger partial charge is 0.303 e. The van der Waals surface area contributed by atoms with Gasteiger partial charge < -0.3 is 14.6 Å². The first kappa shape index (κ1) is 11.3. The maximum Gasteiger partial charge on any atom is 0.303 e. The maximum absolute atomic E-state index is 14.3. The van der Waals surface area contributed by atoms with Crippen LogP contribution in [0.3, 0.4) is 0 Å². The summed E-state index contributed by atoms with van der Waals surface area (Å²) in [4.78, 5) is 10.9. The van der Waals surface area contributed by atoms with Gasteiger partial charge in [0.25, 0.3) is 0 Å². The van der Waals surface area contributed by atoms with E-state index in [1.807, 2.05) is 0 Å². The van der Waals surface area contributed by atoms with Crippen LogP contribution in [0.15, 0.2) is 12.1 Å². The van der Waals surface area contributed by atoms with Crippen molar-refractivity contribution < 1.29 is 23.8 Å². The fraction of sp³-hybridized carbons (Fsp3) is 0.462. The maximum atomic E-state index is 14.3. The van der Waals surface area contributed by atoms with Crippen LogP contribution in [0.2, 0.25) is 0 Å². The van der Waals surface area contributed by atoms with Crippen molar-refractivity contribution in [2.75, 3.05) is 6.79 Å². The molecule has 3 rings (SSSR count). The number of halogens is 1. The molecule has 1 heterocycles. The second kappa shape index (κ2) is 4.15. The van der Waals surface area contributed by atoms with Crippen LogP contribution in [0.1, 0.15) is 30.7 Å². The van der Waals surface area contributed by atoms with Gasteiger partial charge in [0.15, 0.2) is 11.6 Å². The molecule has 2 aliphatic rings. The minimum absolute atomic E-state index is 0.0166. The number of carboxylic acid groups (broad SMARTS) is 1. The molecule has 1 unspecified atom stereocenters. The van der Waals surface area contributed by atoms with Crippen LogP contribution in [0.25, 0.3) is 0 Å². The molecule has 1 aromatic rings. The third kappa shape index (κ3) is 1.89. The second-order valence-electron chi connectivity index (χ2n) is 4.74. The van der Waals surface area contributed by atoms with E-state index in [0.717, 1.165) is 12.8 Å². The van der Waals surface area contributed by atoms with Gasteiger partial charge in [-0.3, -0.25) is 4.79 Å². The summed E-state index contributed by atoms with van der Waals surface area (Å²) in [6.45, 7) is 0.0166. The molecule has 0 saturated heterocycles. The van der Waals surface area contributed by atoms with Gasteiger partial charge in [-0.15, -0.1) is 0 Å². The normalized spacial score (nSPS) is 18.7. The van der Waals surface area contributed by atoms with Gasteiger partial charge in [-0.1, -0.05) is 6.07 Å². The van der Waals surface area contributed by atoms with Gasteiger partial charge in [0.05, 0.1) is 6.42 Å². The zero-order valence-electron chi connectivity index (χ0n) is 9.69. The molecule has 1 atom stereocenters. The summed E-state index contributed by atoms with van der Waals surface area (Å²) >= 11 is 0. The molecular weight excluding hydrogens is 239 g/mol. The molecule has 0 amide bonds. The summed E-state index contributed by atoms with van der Waals surface area (Å²) in [5.41, 5.74) is 0.434. The average molecular weight is 252 g/mol. The highest BCUT2D eigenvalue weighted by atomic mass is 19.1. The van der Waals surface area contributed by atoms with E-state index in [-0.39, 0.29) is 30.8 Å². The quantitative estimate of drug-likeness (QED) is 0.894. The third-order valence-corrected chi connectivity index (χ3v) is 3.49. The van der Waals surface area contributed by atoms with Crippen LogP contribution in [0.4, 0.5) is 4.39 Å². The molecule has 0 spiro atoms. The van der Waals surface area contributed by atoms with E-state index in [4.69, 9.17) is 14.6 Å². The number of aliphatic carboxylic acids is 1. The number of rotatable bonds is 4. The van der Waals surface area contributed by atoms with Crippen molar-refractivity contribution in [1.29, 1.82) is 0 Å². The number of hydrogen-bond donors (Lipinski definition) is 1. The van der Waals surface area contributed by atoms with Crippen molar-refractivity contribution >= 4 is 5.97 Å². The van der Waals surface area contributed by atoms with Crippen molar-refractivity contribution in [3.63, 3.8) is 0 Å². The number of ether oxygens (including phenoxy) is 2. The minimum Gasteiger partial charge on any atom is -0.481 e. The molecule has 0 aromatic heterocycles. The number of fused-ring (bicyclic) bond motifs is 1. The van der Waals surface area contributed by atoms with E-state index < -0.39 is 11.8 Å². The predicted octanol–water partition coefficient (Wildman–Crippen LogP) is 2.52. The molecule has 1 N–H and O–H groups in total. The summed E-state index contributed by atoms with van der Waals surface area (Å²) in [5.74, 6) is -0.857. The van der Waals surface area contributed by atoms with E-state index in [1.54, 1.807) is 12.1 Å². The van der Waals surface area contributed by atoms with Crippen LogP contribution in [-0.2, 0) is 4.79 Å². The van der Waals surface area contributed by atoms with E-state index in [2.05, 4.69) is 0 Å². The molecule has 0 radical (unpaired) electrons. The Kier molecular flexibility index (Phi) is 2.61. The molecule has 1 aromatic carbocycles. The Balaban J connectivity index is 1.96. The molecule has 1 saturated carbocycles. The van der Waals surface area contributed by atoms with Crippen LogP contribution >= 0.6 is 0 Å². The Morgan fingerprint density at radius 2 is 2.22 bits per heavy atom. The number of carboxylic acids is 1. The Morgan fingerprint density at radius 1 is 1.44 bits per heavy atom. The Labute approximate surface area is 103 Å².